The van der Waals surface area contributed by atoms with Crippen LogP contribution in [0, 0.1) is 0 Å². The fourth-order valence-electron chi connectivity index (χ4n) is 1.21. The highest BCUT2D eigenvalue weighted by Crippen LogP contribution is 2.25. The number of carbonyl (C=O) groups is 2. The van der Waals surface area contributed by atoms with Gasteiger partial charge in [0, 0.05) is 12.5 Å². The van der Waals surface area contributed by atoms with Gasteiger partial charge in [-0.25, -0.2) is 13.4 Å². The first-order chi connectivity index (χ1) is 9.95. The lowest BCUT2D eigenvalue weighted by Gasteiger charge is -2.13. The van der Waals surface area contributed by atoms with E-state index in [9.17, 15) is 31.2 Å². The first kappa shape index (κ1) is 18.6. The van der Waals surface area contributed by atoms with Crippen LogP contribution in [0.5, 0.6) is 0 Å². The molecule has 0 aromatic carbocycles. The monoisotopic (exact) mass is 451 g/mol. The van der Waals surface area contributed by atoms with Gasteiger partial charge in [-0.05, 0) is 6.07 Å². The van der Waals surface area contributed by atoms with Gasteiger partial charge in [0.05, 0.1) is 15.0 Å². The minimum Gasteiger partial charge on any atom is -0.322 e. The van der Waals surface area contributed by atoms with Crippen LogP contribution in [-0.2, 0) is 19.4 Å². The van der Waals surface area contributed by atoms with Gasteiger partial charge < -0.3 is 10.6 Å². The van der Waals surface area contributed by atoms with Gasteiger partial charge in [-0.1, -0.05) is 22.6 Å². The topological polar surface area (TPSA) is 105 Å². The van der Waals surface area contributed by atoms with Gasteiger partial charge in [-0.2, -0.15) is 13.2 Å². The lowest BCUT2D eigenvalue weighted by molar-refractivity contribution is -0.167. The van der Waals surface area contributed by atoms with E-state index in [-0.39, 0.29) is 15.0 Å². The summed E-state index contributed by atoms with van der Waals surface area (Å²) < 4.78 is 59.5. The van der Waals surface area contributed by atoms with Crippen molar-refractivity contribution in [3.05, 3.63) is 12.3 Å². The lowest BCUT2D eigenvalue weighted by Crippen LogP contribution is -2.31. The molecule has 0 saturated heterocycles. The van der Waals surface area contributed by atoms with E-state index in [0.717, 1.165) is 18.5 Å². The molecule has 0 aliphatic carbocycles. The van der Waals surface area contributed by atoms with Crippen molar-refractivity contribution in [1.82, 2.24) is 4.98 Å². The molecule has 1 aromatic rings. The largest absolute Gasteiger partial charge is 0.471 e. The molecule has 1 rings (SSSR count). The van der Waals surface area contributed by atoms with Gasteiger partial charge in [0.15, 0.2) is 15.7 Å². The van der Waals surface area contributed by atoms with Crippen LogP contribution < -0.4 is 10.6 Å². The van der Waals surface area contributed by atoms with Gasteiger partial charge in [0.2, 0.25) is 5.91 Å². The molecule has 2 N–H and O–H groups in total. The summed E-state index contributed by atoms with van der Waals surface area (Å²) in [6, 6.07) is 0.915. The summed E-state index contributed by atoms with van der Waals surface area (Å²) in [5, 5.41) is 3.65. The molecule has 0 spiro atoms. The number of sulfone groups is 1. The van der Waals surface area contributed by atoms with E-state index in [2.05, 4.69) is 10.3 Å². The number of pyridine rings is 1. The number of alkyl halides is 4. The molecule has 12 heteroatoms. The Balaban J connectivity index is 3.26. The Morgan fingerprint density at radius 3 is 2.36 bits per heavy atom. The van der Waals surface area contributed by atoms with Gasteiger partial charge in [0.1, 0.15) is 0 Å². The van der Waals surface area contributed by atoms with Crippen molar-refractivity contribution >= 4 is 55.7 Å². The minimum atomic E-state index is -5.15. The maximum atomic E-state index is 12.2. The summed E-state index contributed by atoms with van der Waals surface area (Å²) in [5.74, 6) is -3.50. The Bertz CT molecular complexity index is 706. The molecule has 0 radical (unpaired) electrons. The van der Waals surface area contributed by atoms with Crippen molar-refractivity contribution in [2.75, 3.05) is 21.3 Å². The lowest BCUT2D eigenvalue weighted by atomic mass is 10.3. The number of halogens is 4. The third-order valence-electron chi connectivity index (χ3n) is 2.18. The molecule has 0 aliphatic heterocycles. The molecule has 122 valence electrons. The zero-order valence-corrected chi connectivity index (χ0v) is 13.8. The Hall–Kier alpha value is -1.44. The number of hydrogen-bond acceptors (Lipinski definition) is 5. The molecule has 0 atom stereocenters. The van der Waals surface area contributed by atoms with E-state index in [1.54, 1.807) is 22.6 Å². The summed E-state index contributed by atoms with van der Waals surface area (Å²) in [6.45, 7) is 0. The number of aromatic nitrogens is 1. The third-order valence-corrected chi connectivity index (χ3v) is 3.95. The standard InChI is InChI=1S/C10H9F3IN3O4S/c1-22(20,21)5-2-6(16-7(18)3-14)8(15-4-5)17-9(19)10(11,12)13/h2,4H,3H2,1H3,(H,16,18)(H,15,17,19). The number of nitrogens with zero attached hydrogens (tertiary/aromatic N) is 1. The smallest absolute Gasteiger partial charge is 0.322 e. The van der Waals surface area contributed by atoms with Crippen LogP contribution in [-0.4, -0.2) is 42.1 Å². The van der Waals surface area contributed by atoms with E-state index in [0.29, 0.717) is 0 Å². The number of hydrogen-bond donors (Lipinski definition) is 2. The summed E-state index contributed by atoms with van der Waals surface area (Å²) in [5.41, 5.74) is -0.345. The first-order valence-corrected chi connectivity index (χ1v) is 8.81. The zero-order chi connectivity index (χ0) is 17.1. The fraction of sp³-hybridized carbons (Fsp3) is 0.300. The predicted molar refractivity (Wildman–Crippen MR) is 79.5 cm³/mol. The van der Waals surface area contributed by atoms with Crippen LogP contribution in [0.15, 0.2) is 17.2 Å². The van der Waals surface area contributed by atoms with Gasteiger partial charge in [-0.15, -0.1) is 0 Å². The van der Waals surface area contributed by atoms with E-state index in [4.69, 9.17) is 0 Å². The van der Waals surface area contributed by atoms with Crippen LogP contribution in [0.25, 0.3) is 0 Å². The van der Waals surface area contributed by atoms with Crippen molar-refractivity contribution in [1.29, 1.82) is 0 Å². The fourth-order valence-corrected chi connectivity index (χ4v) is 1.97. The van der Waals surface area contributed by atoms with Gasteiger partial charge >= 0.3 is 12.1 Å². The predicted octanol–water partition coefficient (Wildman–Crippen LogP) is 1.36. The molecule has 0 unspecified atom stereocenters. The molecule has 2 amide bonds. The summed E-state index contributed by atoms with van der Waals surface area (Å²) in [7, 11) is -3.69. The Morgan fingerprint density at radius 1 is 1.32 bits per heavy atom. The molecular weight excluding hydrogens is 442 g/mol. The zero-order valence-electron chi connectivity index (χ0n) is 10.9. The maximum absolute atomic E-state index is 12.2. The van der Waals surface area contributed by atoms with Crippen molar-refractivity contribution in [2.45, 2.75) is 11.1 Å². The Kier molecular flexibility index (Phi) is 5.72. The molecule has 1 heterocycles. The summed E-state index contributed by atoms with van der Waals surface area (Å²) in [6.07, 6.45) is -3.51. The average Bonchev–Trinajstić information content (AvgIpc) is 2.38. The third kappa shape index (κ3) is 5.08. The molecule has 7 nitrogen and oxygen atoms in total. The summed E-state index contributed by atoms with van der Waals surface area (Å²) in [4.78, 5) is 25.4. The number of carbonyl (C=O) groups excluding carboxylic acids is 2. The van der Waals surface area contributed by atoms with Crippen LogP contribution >= 0.6 is 22.6 Å². The van der Waals surface area contributed by atoms with Crippen LogP contribution in [0.4, 0.5) is 24.7 Å². The van der Waals surface area contributed by atoms with E-state index in [1.165, 1.54) is 5.32 Å². The van der Waals surface area contributed by atoms with Gasteiger partial charge in [-0.3, -0.25) is 9.59 Å². The SMILES string of the molecule is CS(=O)(=O)c1cnc(NC(=O)C(F)(F)F)c(NC(=O)CI)c1. The van der Waals surface area contributed by atoms with Crippen LogP contribution in [0.3, 0.4) is 0 Å². The highest BCUT2D eigenvalue weighted by atomic mass is 127. The number of nitrogens with one attached hydrogen (secondary N) is 2. The number of amides is 2. The second-order valence-corrected chi connectivity index (χ2v) is 6.75. The quantitative estimate of drug-likeness (QED) is 0.532. The normalized spacial score (nSPS) is 11.9. The van der Waals surface area contributed by atoms with E-state index in [1.807, 2.05) is 0 Å². The average molecular weight is 451 g/mol. The summed E-state index contributed by atoms with van der Waals surface area (Å²) >= 11 is 1.70. The van der Waals surface area contributed by atoms with E-state index < -0.39 is 33.6 Å². The molecule has 0 fully saturated rings. The van der Waals surface area contributed by atoms with Crippen molar-refractivity contribution in [3.8, 4) is 0 Å². The van der Waals surface area contributed by atoms with Gasteiger partial charge in [0.25, 0.3) is 0 Å². The first-order valence-electron chi connectivity index (χ1n) is 5.39. The van der Waals surface area contributed by atoms with Crippen molar-refractivity contribution < 1.29 is 31.2 Å². The molecular formula is C10H9F3IN3O4S. The molecule has 1 aromatic heterocycles. The van der Waals surface area contributed by atoms with Crippen LogP contribution in [0.1, 0.15) is 0 Å². The molecule has 0 saturated carbocycles. The minimum absolute atomic E-state index is 0.0342. The van der Waals surface area contributed by atoms with E-state index >= 15 is 0 Å². The molecule has 0 aliphatic rings. The highest BCUT2D eigenvalue weighted by molar-refractivity contribution is 14.1. The number of rotatable bonds is 4. The second-order valence-electron chi connectivity index (χ2n) is 3.97. The molecule has 0 bridgehead atoms. The highest BCUT2D eigenvalue weighted by Gasteiger charge is 2.39. The number of anilines is 2. The van der Waals surface area contributed by atoms with Crippen molar-refractivity contribution in [3.63, 3.8) is 0 Å². The Labute approximate surface area is 136 Å². The Morgan fingerprint density at radius 2 is 1.91 bits per heavy atom. The maximum Gasteiger partial charge on any atom is 0.471 e. The molecule has 22 heavy (non-hydrogen) atoms. The van der Waals surface area contributed by atoms with Crippen LogP contribution in [0.2, 0.25) is 0 Å². The second kappa shape index (κ2) is 6.76. The van der Waals surface area contributed by atoms with Crippen molar-refractivity contribution in [2.24, 2.45) is 0 Å².